The third kappa shape index (κ3) is 1.90. The first-order chi connectivity index (χ1) is 9.61. The Bertz CT molecular complexity index is 652. The van der Waals surface area contributed by atoms with Gasteiger partial charge in [0.25, 0.3) is 0 Å². The molecule has 0 aromatic carbocycles. The van der Waals surface area contributed by atoms with Crippen LogP contribution in [0.25, 0.3) is 0 Å². The van der Waals surface area contributed by atoms with Gasteiger partial charge in [-0.05, 0) is 25.1 Å². The molecule has 102 valence electrons. The Kier molecular flexibility index (Phi) is 2.87. The zero-order valence-electron chi connectivity index (χ0n) is 10.9. The molecule has 0 aliphatic carbocycles. The number of aromatic nitrogens is 1. The Morgan fingerprint density at radius 2 is 2.30 bits per heavy atom. The van der Waals surface area contributed by atoms with Crippen LogP contribution in [0.1, 0.15) is 29.5 Å². The van der Waals surface area contributed by atoms with E-state index < -0.39 is 11.6 Å². The average molecular weight is 271 g/mol. The van der Waals surface area contributed by atoms with Crippen molar-refractivity contribution in [2.45, 2.75) is 19.1 Å². The summed E-state index contributed by atoms with van der Waals surface area (Å²) in [4.78, 5) is 16.4. The number of nitrogens with zero attached hydrogens (tertiary/aromatic N) is 3. The molecule has 3 rings (SSSR count). The van der Waals surface area contributed by atoms with Gasteiger partial charge >= 0.3 is 5.91 Å². The molecule has 0 spiro atoms. The second-order valence-electron chi connectivity index (χ2n) is 4.66. The lowest BCUT2D eigenvalue weighted by Gasteiger charge is -2.30. The van der Waals surface area contributed by atoms with Crippen molar-refractivity contribution in [1.29, 1.82) is 0 Å². The molecular formula is C14H13N3O3. The number of rotatable bonds is 2. The van der Waals surface area contributed by atoms with E-state index >= 15 is 0 Å². The van der Waals surface area contributed by atoms with Crippen molar-refractivity contribution in [1.82, 2.24) is 9.99 Å². The smallest absolute Gasteiger partial charge is 0.312 e. The number of amides is 1. The van der Waals surface area contributed by atoms with E-state index in [0.29, 0.717) is 11.3 Å². The zero-order valence-corrected chi connectivity index (χ0v) is 10.9. The summed E-state index contributed by atoms with van der Waals surface area (Å²) < 4.78 is 5.08. The quantitative estimate of drug-likeness (QED) is 0.902. The Morgan fingerprint density at radius 3 is 2.95 bits per heavy atom. The molecule has 2 aromatic rings. The third-order valence-corrected chi connectivity index (χ3v) is 3.17. The van der Waals surface area contributed by atoms with Crippen molar-refractivity contribution in [2.24, 2.45) is 5.10 Å². The zero-order chi connectivity index (χ0) is 14.2. The summed E-state index contributed by atoms with van der Waals surface area (Å²) in [7, 11) is 0. The fourth-order valence-electron chi connectivity index (χ4n) is 2.26. The monoisotopic (exact) mass is 271 g/mol. The van der Waals surface area contributed by atoms with Gasteiger partial charge in [-0.3, -0.25) is 9.78 Å². The number of furan rings is 1. The number of aliphatic hydroxyl groups is 1. The highest BCUT2D eigenvalue weighted by molar-refractivity contribution is 5.95. The molecule has 20 heavy (non-hydrogen) atoms. The first kappa shape index (κ1) is 12.6. The van der Waals surface area contributed by atoms with Gasteiger partial charge in [-0.2, -0.15) is 10.1 Å². The number of hydrogen-bond donors (Lipinski definition) is 1. The maximum atomic E-state index is 12.4. The van der Waals surface area contributed by atoms with Gasteiger partial charge in [-0.1, -0.05) is 6.07 Å². The molecule has 6 heteroatoms. The number of hydrazone groups is 1. The molecule has 3 heterocycles. The number of carbonyl (C=O) groups is 1. The number of carbonyl (C=O) groups excluding carboxylic acids is 1. The summed E-state index contributed by atoms with van der Waals surface area (Å²) in [5.74, 6) is -0.357. The molecule has 6 nitrogen and oxygen atoms in total. The Balaban J connectivity index is 2.02. The minimum absolute atomic E-state index is 0.130. The lowest BCUT2D eigenvalue weighted by Crippen LogP contribution is -2.43. The maximum absolute atomic E-state index is 12.4. The van der Waals surface area contributed by atoms with Crippen molar-refractivity contribution in [3.05, 3.63) is 54.2 Å². The predicted octanol–water partition coefficient (Wildman–Crippen LogP) is 1.74. The van der Waals surface area contributed by atoms with Gasteiger partial charge in [0.2, 0.25) is 0 Å². The standard InChI is InChI=1S/C14H13N3O3/c1-10-8-14(19,11-4-2-6-15-9-11)17(16-10)13(18)12-5-3-7-20-12/h2-7,9,19H,8H2,1H3. The molecule has 1 atom stereocenters. The first-order valence-corrected chi connectivity index (χ1v) is 6.16. The van der Waals surface area contributed by atoms with Gasteiger partial charge in [-0.15, -0.1) is 0 Å². The molecule has 1 unspecified atom stereocenters. The lowest BCUT2D eigenvalue weighted by atomic mass is 9.99. The summed E-state index contributed by atoms with van der Waals surface area (Å²) in [6.07, 6.45) is 4.78. The Hall–Kier alpha value is -2.47. The highest BCUT2D eigenvalue weighted by Gasteiger charge is 2.46. The van der Waals surface area contributed by atoms with E-state index in [-0.39, 0.29) is 12.2 Å². The minimum Gasteiger partial charge on any atom is -0.459 e. The second-order valence-corrected chi connectivity index (χ2v) is 4.66. The molecule has 0 radical (unpaired) electrons. The molecule has 1 aliphatic heterocycles. The van der Waals surface area contributed by atoms with E-state index in [0.717, 1.165) is 5.01 Å². The van der Waals surface area contributed by atoms with E-state index in [1.807, 2.05) is 0 Å². The van der Waals surface area contributed by atoms with Gasteiger partial charge in [0.1, 0.15) is 0 Å². The maximum Gasteiger partial charge on any atom is 0.312 e. The number of pyridine rings is 1. The molecule has 0 saturated heterocycles. The van der Waals surface area contributed by atoms with Gasteiger partial charge in [-0.25, -0.2) is 0 Å². The molecule has 1 aliphatic rings. The van der Waals surface area contributed by atoms with E-state index in [2.05, 4.69) is 10.1 Å². The summed E-state index contributed by atoms with van der Waals surface area (Å²) in [6, 6.07) is 6.57. The molecule has 0 bridgehead atoms. The fourth-order valence-corrected chi connectivity index (χ4v) is 2.26. The first-order valence-electron chi connectivity index (χ1n) is 6.16. The van der Waals surface area contributed by atoms with Gasteiger partial charge < -0.3 is 9.52 Å². The Morgan fingerprint density at radius 1 is 1.45 bits per heavy atom. The SMILES string of the molecule is CC1=NN(C(=O)c2ccco2)C(O)(c2cccnc2)C1. The van der Waals surface area contributed by atoms with Crippen molar-refractivity contribution in [3.8, 4) is 0 Å². The minimum atomic E-state index is -1.53. The molecular weight excluding hydrogens is 258 g/mol. The topological polar surface area (TPSA) is 78.9 Å². The molecule has 0 saturated carbocycles. The fraction of sp³-hybridized carbons (Fsp3) is 0.214. The van der Waals surface area contributed by atoms with Crippen LogP contribution in [0.3, 0.4) is 0 Å². The van der Waals surface area contributed by atoms with Crippen molar-refractivity contribution < 1.29 is 14.3 Å². The van der Waals surface area contributed by atoms with Crippen molar-refractivity contribution in [3.63, 3.8) is 0 Å². The van der Waals surface area contributed by atoms with Crippen molar-refractivity contribution in [2.75, 3.05) is 0 Å². The van der Waals surface area contributed by atoms with Crippen LogP contribution in [0.15, 0.2) is 52.4 Å². The van der Waals surface area contributed by atoms with Crippen LogP contribution in [-0.2, 0) is 5.72 Å². The normalized spacial score (nSPS) is 21.9. The van der Waals surface area contributed by atoms with Gasteiger partial charge in [0, 0.05) is 30.1 Å². The molecule has 1 amide bonds. The van der Waals surface area contributed by atoms with Gasteiger partial charge in [0.05, 0.1) is 6.26 Å². The van der Waals surface area contributed by atoms with E-state index in [1.165, 1.54) is 18.5 Å². The molecule has 0 fully saturated rings. The van der Waals surface area contributed by atoms with Gasteiger partial charge in [0.15, 0.2) is 11.5 Å². The third-order valence-electron chi connectivity index (χ3n) is 3.17. The average Bonchev–Trinajstić information content (AvgIpc) is 3.08. The largest absolute Gasteiger partial charge is 0.459 e. The van der Waals surface area contributed by atoms with Crippen LogP contribution >= 0.6 is 0 Å². The van der Waals surface area contributed by atoms with Crippen LogP contribution in [0.2, 0.25) is 0 Å². The van der Waals surface area contributed by atoms with Crippen LogP contribution in [0, 0.1) is 0 Å². The van der Waals surface area contributed by atoms with Crippen LogP contribution in [-0.4, -0.2) is 26.7 Å². The predicted molar refractivity (Wildman–Crippen MR) is 70.7 cm³/mol. The lowest BCUT2D eigenvalue weighted by molar-refractivity contribution is -0.0778. The Labute approximate surface area is 115 Å². The summed E-state index contributed by atoms with van der Waals surface area (Å²) >= 11 is 0. The molecule has 1 N–H and O–H groups in total. The number of hydrogen-bond acceptors (Lipinski definition) is 5. The summed E-state index contributed by atoms with van der Waals surface area (Å²) in [6.45, 7) is 1.76. The second kappa shape index (κ2) is 4.57. The highest BCUT2D eigenvalue weighted by Crippen LogP contribution is 2.35. The van der Waals surface area contributed by atoms with E-state index in [9.17, 15) is 9.90 Å². The van der Waals surface area contributed by atoms with Crippen LogP contribution in [0.5, 0.6) is 0 Å². The molecule has 2 aromatic heterocycles. The highest BCUT2D eigenvalue weighted by atomic mass is 16.4. The summed E-state index contributed by atoms with van der Waals surface area (Å²) in [5.41, 5.74) is -0.348. The summed E-state index contributed by atoms with van der Waals surface area (Å²) in [5, 5.41) is 16.1. The van der Waals surface area contributed by atoms with E-state index in [4.69, 9.17) is 4.42 Å². The van der Waals surface area contributed by atoms with Crippen LogP contribution in [0.4, 0.5) is 0 Å². The van der Waals surface area contributed by atoms with Crippen LogP contribution < -0.4 is 0 Å². The van der Waals surface area contributed by atoms with Crippen molar-refractivity contribution >= 4 is 11.6 Å². The van der Waals surface area contributed by atoms with E-state index in [1.54, 1.807) is 31.3 Å².